The molecule has 3 rings (SSSR count). The summed E-state index contributed by atoms with van der Waals surface area (Å²) >= 11 is 0. The van der Waals surface area contributed by atoms with Gasteiger partial charge in [0.2, 0.25) is 5.91 Å². The molecule has 0 radical (unpaired) electrons. The van der Waals surface area contributed by atoms with E-state index in [1.165, 1.54) is 6.33 Å². The van der Waals surface area contributed by atoms with Gasteiger partial charge in [0.15, 0.2) is 0 Å². The van der Waals surface area contributed by atoms with Crippen LogP contribution in [0.4, 0.5) is 0 Å². The van der Waals surface area contributed by atoms with Crippen molar-refractivity contribution in [1.29, 1.82) is 0 Å². The molecule has 2 aromatic rings. The summed E-state index contributed by atoms with van der Waals surface area (Å²) in [7, 11) is 0. The van der Waals surface area contributed by atoms with Crippen molar-refractivity contribution in [2.45, 2.75) is 32.5 Å². The van der Waals surface area contributed by atoms with Crippen LogP contribution in [-0.2, 0) is 17.8 Å². The number of aromatic nitrogens is 6. The molecule has 0 bridgehead atoms. The quantitative estimate of drug-likeness (QED) is 0.553. The monoisotopic (exact) mass is 319 g/mol. The highest BCUT2D eigenvalue weighted by Gasteiger charge is 2.34. The maximum absolute atomic E-state index is 12.3. The molecule has 1 aliphatic rings. The van der Waals surface area contributed by atoms with Gasteiger partial charge in [-0.1, -0.05) is 6.92 Å². The van der Waals surface area contributed by atoms with Gasteiger partial charge in [-0.15, -0.1) is 5.10 Å². The molecule has 1 amide bonds. The molecule has 2 aromatic heterocycles. The lowest BCUT2D eigenvalue weighted by molar-refractivity contribution is -0.125. The van der Waals surface area contributed by atoms with Gasteiger partial charge in [-0.2, -0.15) is 0 Å². The number of hydrogen-bond acceptors (Lipinski definition) is 7. The number of amides is 1. The first-order chi connectivity index (χ1) is 11.3. The number of carbonyl (C=O) groups excluding carboxylic acids is 1. The molecule has 3 N–H and O–H groups in total. The van der Waals surface area contributed by atoms with Crippen molar-refractivity contribution < 1.29 is 4.79 Å². The van der Waals surface area contributed by atoms with Gasteiger partial charge in [0, 0.05) is 38.4 Å². The second-order valence-electron chi connectivity index (χ2n) is 5.40. The first-order valence-corrected chi connectivity index (χ1v) is 7.78. The molecule has 10 heteroatoms. The fraction of sp³-hybridized carbons (Fsp3) is 0.615. The minimum absolute atomic E-state index is 0.00986. The summed E-state index contributed by atoms with van der Waals surface area (Å²) in [5.41, 5.74) is 5.99. The summed E-state index contributed by atoms with van der Waals surface area (Å²) in [6, 6.07) is 0. The van der Waals surface area contributed by atoms with E-state index in [2.05, 4.69) is 48.2 Å². The van der Waals surface area contributed by atoms with E-state index in [0.717, 1.165) is 25.2 Å². The molecule has 23 heavy (non-hydrogen) atoms. The largest absolute Gasteiger partial charge is 0.356 e. The van der Waals surface area contributed by atoms with Crippen LogP contribution < -0.4 is 16.2 Å². The Bertz CT molecular complexity index is 623. The Kier molecular flexibility index (Phi) is 4.93. The topological polar surface area (TPSA) is 115 Å². The van der Waals surface area contributed by atoms with Gasteiger partial charge < -0.3 is 9.88 Å². The highest BCUT2D eigenvalue weighted by Crippen LogP contribution is 2.17. The summed E-state index contributed by atoms with van der Waals surface area (Å²) in [6.45, 7) is 4.09. The first-order valence-electron chi connectivity index (χ1n) is 7.78. The van der Waals surface area contributed by atoms with E-state index >= 15 is 0 Å². The number of hydrazine groups is 1. The second-order valence-corrected chi connectivity index (χ2v) is 5.40. The van der Waals surface area contributed by atoms with Crippen molar-refractivity contribution in [3.05, 3.63) is 24.5 Å². The first kappa shape index (κ1) is 15.6. The maximum atomic E-state index is 12.3. The molecule has 0 saturated carbocycles. The number of nitrogens with zero attached hydrogens (tertiary/aromatic N) is 6. The van der Waals surface area contributed by atoms with Crippen molar-refractivity contribution in [1.82, 2.24) is 45.9 Å². The minimum atomic E-state index is -0.273. The fourth-order valence-electron chi connectivity index (χ4n) is 2.72. The Balaban J connectivity index is 1.46. The highest BCUT2D eigenvalue weighted by molar-refractivity contribution is 5.79. The summed E-state index contributed by atoms with van der Waals surface area (Å²) in [6.07, 6.45) is 6.77. The fourth-order valence-corrected chi connectivity index (χ4v) is 2.72. The Labute approximate surface area is 133 Å². The van der Waals surface area contributed by atoms with Crippen LogP contribution in [-0.4, -0.2) is 48.8 Å². The third-order valence-electron chi connectivity index (χ3n) is 3.93. The number of imidazole rings is 1. The molecule has 0 aliphatic carbocycles. The molecular formula is C13H21N9O. The van der Waals surface area contributed by atoms with Crippen LogP contribution in [0, 0.1) is 5.92 Å². The van der Waals surface area contributed by atoms with Gasteiger partial charge in [0.25, 0.3) is 0 Å². The molecule has 2 unspecified atom stereocenters. The van der Waals surface area contributed by atoms with Gasteiger partial charge in [-0.3, -0.25) is 10.2 Å². The predicted molar refractivity (Wildman–Crippen MR) is 80.7 cm³/mol. The summed E-state index contributed by atoms with van der Waals surface area (Å²) in [5.74, 6) is 0.807. The molecule has 0 spiro atoms. The lowest BCUT2D eigenvalue weighted by atomic mass is 10.1. The number of tetrazole rings is 1. The smallest absolute Gasteiger partial charge is 0.228 e. The van der Waals surface area contributed by atoms with Crippen LogP contribution in [0.5, 0.6) is 0 Å². The minimum Gasteiger partial charge on any atom is -0.356 e. The van der Waals surface area contributed by atoms with Gasteiger partial charge in [-0.05, 0) is 16.8 Å². The average Bonchev–Trinajstić information content (AvgIpc) is 3.31. The molecule has 10 nitrogen and oxygen atoms in total. The SMILES string of the molecule is CCc1nccn1CCCNC(=O)C1CNNC1n1cnnn1. The molecular weight excluding hydrogens is 298 g/mol. The van der Waals surface area contributed by atoms with Crippen molar-refractivity contribution in [2.24, 2.45) is 5.92 Å². The molecule has 1 fully saturated rings. The zero-order valence-electron chi connectivity index (χ0n) is 13.0. The van der Waals surface area contributed by atoms with E-state index in [9.17, 15) is 4.79 Å². The summed E-state index contributed by atoms with van der Waals surface area (Å²) < 4.78 is 3.66. The zero-order valence-corrected chi connectivity index (χ0v) is 13.0. The normalized spacial score (nSPS) is 20.7. The van der Waals surface area contributed by atoms with Crippen LogP contribution in [0.2, 0.25) is 0 Å². The zero-order chi connectivity index (χ0) is 16.1. The van der Waals surface area contributed by atoms with Crippen LogP contribution in [0.25, 0.3) is 0 Å². The lowest BCUT2D eigenvalue weighted by Crippen LogP contribution is -2.38. The molecule has 3 heterocycles. The standard InChI is InChI=1S/C13H21N9O/c1-2-11-14-5-7-21(11)6-3-4-15-13(23)10-8-16-18-12(10)22-9-17-19-20-22/h5,7,9-10,12,16,18H,2-4,6,8H2,1H3,(H,15,23). The van der Waals surface area contributed by atoms with E-state index in [-0.39, 0.29) is 18.0 Å². The van der Waals surface area contributed by atoms with Gasteiger partial charge in [-0.25, -0.2) is 15.1 Å². The highest BCUT2D eigenvalue weighted by atomic mass is 16.2. The number of carbonyl (C=O) groups is 1. The van der Waals surface area contributed by atoms with E-state index < -0.39 is 0 Å². The molecule has 0 aromatic carbocycles. The Morgan fingerprint density at radius 2 is 2.43 bits per heavy atom. The average molecular weight is 319 g/mol. The lowest BCUT2D eigenvalue weighted by Gasteiger charge is -2.17. The summed E-state index contributed by atoms with van der Waals surface area (Å²) in [5, 5.41) is 14.0. The van der Waals surface area contributed by atoms with Crippen molar-refractivity contribution >= 4 is 5.91 Å². The van der Waals surface area contributed by atoms with Crippen LogP contribution in [0.1, 0.15) is 25.3 Å². The molecule has 1 saturated heterocycles. The van der Waals surface area contributed by atoms with E-state index in [1.807, 2.05) is 12.4 Å². The molecule has 1 aliphatic heterocycles. The molecule has 124 valence electrons. The maximum Gasteiger partial charge on any atom is 0.228 e. The van der Waals surface area contributed by atoms with E-state index in [0.29, 0.717) is 13.1 Å². The van der Waals surface area contributed by atoms with Gasteiger partial charge >= 0.3 is 0 Å². The number of aryl methyl sites for hydroxylation is 2. The number of nitrogens with one attached hydrogen (secondary N) is 3. The van der Waals surface area contributed by atoms with E-state index in [4.69, 9.17) is 0 Å². The van der Waals surface area contributed by atoms with Crippen LogP contribution in [0.3, 0.4) is 0 Å². The Hall–Kier alpha value is -2.33. The van der Waals surface area contributed by atoms with Crippen molar-refractivity contribution in [2.75, 3.05) is 13.1 Å². The van der Waals surface area contributed by atoms with Crippen molar-refractivity contribution in [3.63, 3.8) is 0 Å². The van der Waals surface area contributed by atoms with Gasteiger partial charge in [0.05, 0.1) is 5.92 Å². The number of hydrogen-bond donors (Lipinski definition) is 3. The third kappa shape index (κ3) is 3.54. The van der Waals surface area contributed by atoms with E-state index in [1.54, 1.807) is 4.68 Å². The van der Waals surface area contributed by atoms with Crippen LogP contribution >= 0.6 is 0 Å². The number of rotatable bonds is 7. The molecule has 2 atom stereocenters. The second kappa shape index (κ2) is 7.29. The van der Waals surface area contributed by atoms with Crippen LogP contribution in [0.15, 0.2) is 18.7 Å². The Morgan fingerprint density at radius 1 is 1.52 bits per heavy atom. The van der Waals surface area contributed by atoms with Crippen molar-refractivity contribution in [3.8, 4) is 0 Å². The predicted octanol–water partition coefficient (Wildman–Crippen LogP) is -1.14. The third-order valence-corrected chi connectivity index (χ3v) is 3.93. The Morgan fingerprint density at radius 3 is 3.22 bits per heavy atom. The van der Waals surface area contributed by atoms with Gasteiger partial charge in [0.1, 0.15) is 18.3 Å². The summed E-state index contributed by atoms with van der Waals surface area (Å²) in [4.78, 5) is 16.6.